The van der Waals surface area contributed by atoms with E-state index < -0.39 is 0 Å². The average Bonchev–Trinajstić information content (AvgIpc) is 2.95. The van der Waals surface area contributed by atoms with Gasteiger partial charge in [0.05, 0.1) is 0 Å². The van der Waals surface area contributed by atoms with E-state index in [0.29, 0.717) is 6.54 Å². The number of likely N-dealkylation sites (tertiary alicyclic amines) is 1. The summed E-state index contributed by atoms with van der Waals surface area (Å²) >= 11 is 0. The molecule has 2 heterocycles. The Kier molecular flexibility index (Phi) is 7.09. The lowest BCUT2D eigenvalue weighted by atomic mass is 10.0. The molecule has 1 aromatic carbocycles. The normalized spacial score (nSPS) is 19.0. The summed E-state index contributed by atoms with van der Waals surface area (Å²) in [6.07, 6.45) is 8.99. The molecule has 1 fully saturated rings. The van der Waals surface area contributed by atoms with Crippen molar-refractivity contribution < 1.29 is 9.18 Å². The summed E-state index contributed by atoms with van der Waals surface area (Å²) in [6.45, 7) is 6.28. The van der Waals surface area contributed by atoms with Crippen LogP contribution in [0.25, 0.3) is 0 Å². The Balaban J connectivity index is 1.68. The van der Waals surface area contributed by atoms with Crippen molar-refractivity contribution in [3.8, 4) is 0 Å². The molecule has 0 aliphatic carbocycles. The van der Waals surface area contributed by atoms with Crippen molar-refractivity contribution in [2.24, 2.45) is 0 Å². The Bertz CT molecular complexity index is 753. The number of aromatic nitrogens is 2. The minimum absolute atomic E-state index is 0.0906. The first kappa shape index (κ1) is 20.4. The fourth-order valence-electron chi connectivity index (χ4n) is 4.22. The van der Waals surface area contributed by atoms with Crippen LogP contribution in [0.3, 0.4) is 0 Å². The molecule has 0 radical (unpaired) electrons. The molecule has 1 saturated heterocycles. The Labute approximate surface area is 166 Å². The van der Waals surface area contributed by atoms with Crippen molar-refractivity contribution in [2.45, 2.75) is 58.2 Å². The van der Waals surface area contributed by atoms with E-state index in [1.165, 1.54) is 18.5 Å². The number of nitrogens with zero attached hydrogens (tertiary/aromatic N) is 4. The van der Waals surface area contributed by atoms with Gasteiger partial charge in [-0.05, 0) is 49.9 Å². The van der Waals surface area contributed by atoms with Crippen LogP contribution in [0.5, 0.6) is 0 Å². The molecule has 0 bridgehead atoms. The lowest BCUT2D eigenvalue weighted by molar-refractivity contribution is -0.132. The first-order valence-electron chi connectivity index (χ1n) is 10.1. The van der Waals surface area contributed by atoms with Gasteiger partial charge in [-0.1, -0.05) is 19.1 Å². The number of hydrogen-bond acceptors (Lipinski definition) is 4. The zero-order valence-corrected chi connectivity index (χ0v) is 16.7. The van der Waals surface area contributed by atoms with Gasteiger partial charge < -0.3 is 4.90 Å². The number of hydrogen-bond donors (Lipinski definition) is 0. The van der Waals surface area contributed by atoms with Crippen molar-refractivity contribution in [1.29, 1.82) is 0 Å². The molecule has 0 spiro atoms. The number of amides is 1. The summed E-state index contributed by atoms with van der Waals surface area (Å²) < 4.78 is 13.3. The van der Waals surface area contributed by atoms with E-state index in [1.54, 1.807) is 19.3 Å². The monoisotopic (exact) mass is 384 g/mol. The number of benzene rings is 1. The van der Waals surface area contributed by atoms with Gasteiger partial charge in [-0.3, -0.25) is 9.69 Å². The quantitative estimate of drug-likeness (QED) is 0.756. The predicted octanol–water partition coefficient (Wildman–Crippen LogP) is 3.97. The minimum Gasteiger partial charge on any atom is -0.335 e. The summed E-state index contributed by atoms with van der Waals surface area (Å²) in [5, 5.41) is 0. The third-order valence-electron chi connectivity index (χ3n) is 5.63. The molecule has 1 aliphatic rings. The van der Waals surface area contributed by atoms with E-state index >= 15 is 0 Å². The lowest BCUT2D eigenvalue weighted by Gasteiger charge is -2.32. The molecule has 28 heavy (non-hydrogen) atoms. The van der Waals surface area contributed by atoms with Gasteiger partial charge in [0, 0.05) is 50.1 Å². The van der Waals surface area contributed by atoms with Crippen LogP contribution in [0, 0.1) is 5.82 Å². The Morgan fingerprint density at radius 2 is 1.93 bits per heavy atom. The van der Waals surface area contributed by atoms with Crippen molar-refractivity contribution in [1.82, 2.24) is 19.8 Å². The van der Waals surface area contributed by atoms with Crippen LogP contribution in [0.1, 0.15) is 56.7 Å². The predicted molar refractivity (Wildman–Crippen MR) is 107 cm³/mol. The van der Waals surface area contributed by atoms with Crippen LogP contribution in [-0.2, 0) is 11.3 Å². The molecule has 1 aromatic heterocycles. The maximum absolute atomic E-state index is 13.3. The first-order chi connectivity index (χ1) is 13.6. The van der Waals surface area contributed by atoms with Crippen LogP contribution < -0.4 is 0 Å². The Hall–Kier alpha value is -2.34. The van der Waals surface area contributed by atoms with Crippen LogP contribution in [0.15, 0.2) is 43.0 Å². The van der Waals surface area contributed by atoms with Crippen molar-refractivity contribution >= 4 is 5.91 Å². The molecule has 0 unspecified atom stereocenters. The molecule has 1 amide bonds. The molecule has 3 rings (SSSR count). The molecule has 2 aromatic rings. The second-order valence-corrected chi connectivity index (χ2v) is 7.49. The molecule has 0 saturated carbocycles. The Morgan fingerprint density at radius 3 is 2.57 bits per heavy atom. The number of rotatable bonds is 6. The maximum Gasteiger partial charge on any atom is 0.219 e. The highest BCUT2D eigenvalue weighted by Crippen LogP contribution is 2.28. The van der Waals surface area contributed by atoms with E-state index in [-0.39, 0.29) is 23.8 Å². The van der Waals surface area contributed by atoms with Crippen LogP contribution >= 0.6 is 0 Å². The van der Waals surface area contributed by atoms with E-state index in [1.807, 2.05) is 17.0 Å². The summed E-state index contributed by atoms with van der Waals surface area (Å²) in [5.41, 5.74) is 2.11. The summed E-state index contributed by atoms with van der Waals surface area (Å²) in [5.74, 6) is -0.107. The third kappa shape index (κ3) is 5.13. The SMILES string of the molecule is CC[C@@H](c1ccc(F)cc1)N1CCC[C@@H](N(Cc2cncnc2)C(C)=O)CC1. The molecule has 150 valence electrons. The van der Waals surface area contributed by atoms with Gasteiger partial charge in [-0.15, -0.1) is 0 Å². The number of halogens is 1. The van der Waals surface area contributed by atoms with Gasteiger partial charge in [0.25, 0.3) is 0 Å². The van der Waals surface area contributed by atoms with Crippen molar-refractivity contribution in [3.05, 3.63) is 59.9 Å². The first-order valence-corrected chi connectivity index (χ1v) is 10.1. The topological polar surface area (TPSA) is 49.3 Å². The fraction of sp³-hybridized carbons (Fsp3) is 0.500. The summed E-state index contributed by atoms with van der Waals surface area (Å²) in [4.78, 5) is 24.9. The van der Waals surface area contributed by atoms with Gasteiger partial charge >= 0.3 is 0 Å². The molecule has 1 aliphatic heterocycles. The average molecular weight is 384 g/mol. The highest BCUT2D eigenvalue weighted by Gasteiger charge is 2.27. The molecular formula is C22H29FN4O. The second-order valence-electron chi connectivity index (χ2n) is 7.49. The molecule has 6 heteroatoms. The van der Waals surface area contributed by atoms with Crippen LogP contribution in [-0.4, -0.2) is 44.8 Å². The van der Waals surface area contributed by atoms with Crippen LogP contribution in [0.2, 0.25) is 0 Å². The standard InChI is InChI=1S/C22H29FN4O/c1-3-22(19-6-8-20(23)9-7-19)26-11-4-5-21(10-12-26)27(17(2)28)15-18-13-24-16-25-14-18/h6-9,13-14,16,21-22H,3-5,10-12,15H2,1-2H3/t21-,22+/m1/s1. The van der Waals surface area contributed by atoms with E-state index in [2.05, 4.69) is 21.8 Å². The molecule has 0 N–H and O–H groups in total. The van der Waals surface area contributed by atoms with E-state index in [4.69, 9.17) is 0 Å². The van der Waals surface area contributed by atoms with E-state index in [9.17, 15) is 9.18 Å². The van der Waals surface area contributed by atoms with Crippen molar-refractivity contribution in [3.63, 3.8) is 0 Å². The summed E-state index contributed by atoms with van der Waals surface area (Å²) in [7, 11) is 0. The van der Waals surface area contributed by atoms with Crippen molar-refractivity contribution in [2.75, 3.05) is 13.1 Å². The van der Waals surface area contributed by atoms with Crippen LogP contribution in [0.4, 0.5) is 4.39 Å². The molecular weight excluding hydrogens is 355 g/mol. The lowest BCUT2D eigenvalue weighted by Crippen LogP contribution is -2.39. The largest absolute Gasteiger partial charge is 0.335 e. The zero-order valence-electron chi connectivity index (χ0n) is 16.7. The van der Waals surface area contributed by atoms with Gasteiger partial charge in [-0.2, -0.15) is 0 Å². The zero-order chi connectivity index (χ0) is 19.9. The minimum atomic E-state index is -0.198. The fourth-order valence-corrected chi connectivity index (χ4v) is 4.22. The number of carbonyl (C=O) groups excluding carboxylic acids is 1. The third-order valence-corrected chi connectivity index (χ3v) is 5.63. The van der Waals surface area contributed by atoms with E-state index in [0.717, 1.165) is 49.9 Å². The summed E-state index contributed by atoms with van der Waals surface area (Å²) in [6, 6.07) is 7.36. The molecule has 2 atom stereocenters. The highest BCUT2D eigenvalue weighted by atomic mass is 19.1. The van der Waals surface area contributed by atoms with Gasteiger partial charge in [0.2, 0.25) is 5.91 Å². The Morgan fingerprint density at radius 1 is 1.21 bits per heavy atom. The molecule has 5 nitrogen and oxygen atoms in total. The smallest absolute Gasteiger partial charge is 0.219 e. The number of carbonyl (C=O) groups is 1. The van der Waals surface area contributed by atoms with Gasteiger partial charge in [-0.25, -0.2) is 14.4 Å². The van der Waals surface area contributed by atoms with Gasteiger partial charge in [0.1, 0.15) is 12.1 Å². The second kappa shape index (κ2) is 9.73. The van der Waals surface area contributed by atoms with Gasteiger partial charge in [0.15, 0.2) is 0 Å². The highest BCUT2D eigenvalue weighted by molar-refractivity contribution is 5.73. The maximum atomic E-state index is 13.3.